The molecule has 1 heterocycles. The fourth-order valence-corrected chi connectivity index (χ4v) is 2.58. The molecule has 2 rings (SSSR count). The Balaban J connectivity index is 2.17. The molecular formula is C12H14N2O2S. The van der Waals surface area contributed by atoms with Crippen LogP contribution in [-0.4, -0.2) is 22.6 Å². The number of aryl methyl sites for hydroxylation is 1. The first-order valence-corrected chi connectivity index (χ1v) is 6.36. The minimum Gasteiger partial charge on any atom is -0.481 e. The number of carbonyl (C=O) groups is 1. The van der Waals surface area contributed by atoms with Gasteiger partial charge in [-0.15, -0.1) is 0 Å². The molecule has 17 heavy (non-hydrogen) atoms. The summed E-state index contributed by atoms with van der Waals surface area (Å²) >= 11 is 1.56. The van der Waals surface area contributed by atoms with E-state index >= 15 is 0 Å². The lowest BCUT2D eigenvalue weighted by Gasteiger charge is -1.98. The third-order valence-electron chi connectivity index (χ3n) is 2.50. The van der Waals surface area contributed by atoms with Gasteiger partial charge in [0.2, 0.25) is 0 Å². The number of hydrogen-bond acceptors (Lipinski definition) is 4. The molecule has 2 N–H and O–H groups in total. The van der Waals surface area contributed by atoms with Crippen LogP contribution in [0.4, 0.5) is 5.13 Å². The summed E-state index contributed by atoms with van der Waals surface area (Å²) in [6.07, 6.45) is 1.06. The van der Waals surface area contributed by atoms with Gasteiger partial charge < -0.3 is 10.4 Å². The lowest BCUT2D eigenvalue weighted by Crippen LogP contribution is -2.07. The molecule has 2 aromatic rings. The summed E-state index contributed by atoms with van der Waals surface area (Å²) in [4.78, 5) is 14.9. The Morgan fingerprint density at radius 2 is 2.35 bits per heavy atom. The van der Waals surface area contributed by atoms with Crippen molar-refractivity contribution in [3.8, 4) is 0 Å². The zero-order valence-electron chi connectivity index (χ0n) is 9.56. The molecule has 0 fully saturated rings. The molecule has 0 unspecified atom stereocenters. The number of aromatic nitrogens is 1. The summed E-state index contributed by atoms with van der Waals surface area (Å²) < 4.78 is 1.14. The largest absolute Gasteiger partial charge is 0.481 e. The third-order valence-corrected chi connectivity index (χ3v) is 3.48. The van der Waals surface area contributed by atoms with E-state index in [9.17, 15) is 4.79 Å². The van der Waals surface area contributed by atoms with Crippen molar-refractivity contribution >= 4 is 32.7 Å². The van der Waals surface area contributed by atoms with E-state index in [1.807, 2.05) is 12.1 Å². The van der Waals surface area contributed by atoms with E-state index in [1.54, 1.807) is 11.3 Å². The minimum absolute atomic E-state index is 0.108. The van der Waals surface area contributed by atoms with Crippen LogP contribution in [0.15, 0.2) is 18.2 Å². The molecule has 0 aliphatic heterocycles. The molecule has 0 aliphatic carbocycles. The van der Waals surface area contributed by atoms with Crippen LogP contribution in [0.25, 0.3) is 10.2 Å². The number of rotatable bonds is 5. The molecule has 5 heteroatoms. The fourth-order valence-electron chi connectivity index (χ4n) is 1.64. The molecule has 0 bridgehead atoms. The molecular weight excluding hydrogens is 236 g/mol. The van der Waals surface area contributed by atoms with Gasteiger partial charge in [0.15, 0.2) is 5.13 Å². The first kappa shape index (κ1) is 11.9. The number of fused-ring (bicyclic) bond motifs is 1. The van der Waals surface area contributed by atoms with Crippen molar-refractivity contribution in [2.24, 2.45) is 0 Å². The second kappa shape index (κ2) is 5.14. The van der Waals surface area contributed by atoms with E-state index < -0.39 is 5.97 Å². The summed E-state index contributed by atoms with van der Waals surface area (Å²) in [5.74, 6) is -0.798. The van der Waals surface area contributed by atoms with Gasteiger partial charge in [-0.2, -0.15) is 0 Å². The molecule has 0 saturated heterocycles. The number of carboxylic acid groups (broad SMARTS) is 1. The van der Waals surface area contributed by atoms with Crippen LogP contribution >= 0.6 is 11.3 Å². The Hall–Kier alpha value is -1.62. The molecule has 0 radical (unpaired) electrons. The monoisotopic (exact) mass is 250 g/mol. The van der Waals surface area contributed by atoms with Gasteiger partial charge in [0.1, 0.15) is 0 Å². The molecule has 1 aromatic heterocycles. The van der Waals surface area contributed by atoms with Crippen molar-refractivity contribution < 1.29 is 9.90 Å². The maximum atomic E-state index is 10.4. The third kappa shape index (κ3) is 2.74. The van der Waals surface area contributed by atoms with Gasteiger partial charge in [0, 0.05) is 6.54 Å². The number of para-hydroxylation sites is 1. The van der Waals surface area contributed by atoms with Crippen molar-refractivity contribution in [2.45, 2.75) is 19.8 Å². The minimum atomic E-state index is -0.798. The van der Waals surface area contributed by atoms with Crippen molar-refractivity contribution in [2.75, 3.05) is 11.9 Å². The first-order chi connectivity index (χ1) is 8.20. The van der Waals surface area contributed by atoms with Gasteiger partial charge in [-0.1, -0.05) is 30.4 Å². The molecule has 0 aliphatic rings. The molecule has 4 nitrogen and oxygen atoms in total. The van der Waals surface area contributed by atoms with Crippen LogP contribution in [0.1, 0.15) is 18.9 Å². The fraction of sp³-hybridized carbons (Fsp3) is 0.333. The number of nitrogens with zero attached hydrogens (tertiary/aromatic N) is 1. The number of benzene rings is 1. The van der Waals surface area contributed by atoms with Crippen LogP contribution in [0.2, 0.25) is 0 Å². The quantitative estimate of drug-likeness (QED) is 0.856. The number of anilines is 1. The van der Waals surface area contributed by atoms with Crippen LogP contribution in [-0.2, 0) is 11.2 Å². The van der Waals surface area contributed by atoms with E-state index in [1.165, 1.54) is 5.56 Å². The number of aliphatic carboxylic acids is 1. The SMILES string of the molecule is CCc1cccc2sc(NCCC(=O)O)nc12. The van der Waals surface area contributed by atoms with Crippen LogP contribution in [0.3, 0.4) is 0 Å². The van der Waals surface area contributed by atoms with Gasteiger partial charge >= 0.3 is 5.97 Å². The topological polar surface area (TPSA) is 62.2 Å². The summed E-state index contributed by atoms with van der Waals surface area (Å²) in [7, 11) is 0. The van der Waals surface area contributed by atoms with Crippen molar-refractivity contribution in [3.05, 3.63) is 23.8 Å². The Morgan fingerprint density at radius 1 is 1.53 bits per heavy atom. The van der Waals surface area contributed by atoms with E-state index in [-0.39, 0.29) is 6.42 Å². The average molecular weight is 250 g/mol. The molecule has 0 atom stereocenters. The van der Waals surface area contributed by atoms with Crippen molar-refractivity contribution in [1.82, 2.24) is 4.98 Å². The van der Waals surface area contributed by atoms with Crippen molar-refractivity contribution in [1.29, 1.82) is 0 Å². The highest BCUT2D eigenvalue weighted by Gasteiger charge is 2.06. The smallest absolute Gasteiger partial charge is 0.305 e. The van der Waals surface area contributed by atoms with Crippen LogP contribution in [0, 0.1) is 0 Å². The highest BCUT2D eigenvalue weighted by atomic mass is 32.1. The Kier molecular flexibility index (Phi) is 3.58. The van der Waals surface area contributed by atoms with Crippen LogP contribution in [0.5, 0.6) is 0 Å². The van der Waals surface area contributed by atoms with Crippen LogP contribution < -0.4 is 5.32 Å². The normalized spacial score (nSPS) is 10.6. The van der Waals surface area contributed by atoms with Crippen molar-refractivity contribution in [3.63, 3.8) is 0 Å². The summed E-state index contributed by atoms with van der Waals surface area (Å²) in [6, 6.07) is 6.14. The van der Waals surface area contributed by atoms with Gasteiger partial charge in [0.05, 0.1) is 16.6 Å². The second-order valence-corrected chi connectivity index (χ2v) is 4.74. The Bertz CT molecular complexity index is 536. The molecule has 1 aromatic carbocycles. The van der Waals surface area contributed by atoms with Gasteiger partial charge in [-0.3, -0.25) is 4.79 Å². The van der Waals surface area contributed by atoms with E-state index in [4.69, 9.17) is 5.11 Å². The lowest BCUT2D eigenvalue weighted by molar-refractivity contribution is -0.136. The van der Waals surface area contributed by atoms with Gasteiger partial charge in [0.25, 0.3) is 0 Å². The first-order valence-electron chi connectivity index (χ1n) is 5.54. The van der Waals surface area contributed by atoms with E-state index in [0.717, 1.165) is 21.8 Å². The summed E-state index contributed by atoms with van der Waals surface area (Å²) in [6.45, 7) is 2.52. The molecule has 0 saturated carbocycles. The molecule has 90 valence electrons. The zero-order chi connectivity index (χ0) is 12.3. The zero-order valence-corrected chi connectivity index (χ0v) is 10.4. The number of carboxylic acids is 1. The van der Waals surface area contributed by atoms with Gasteiger partial charge in [-0.25, -0.2) is 4.98 Å². The number of nitrogens with one attached hydrogen (secondary N) is 1. The Morgan fingerprint density at radius 3 is 3.06 bits per heavy atom. The maximum Gasteiger partial charge on any atom is 0.305 e. The van der Waals surface area contributed by atoms with Gasteiger partial charge in [-0.05, 0) is 18.1 Å². The number of hydrogen-bond donors (Lipinski definition) is 2. The highest BCUT2D eigenvalue weighted by Crippen LogP contribution is 2.28. The predicted molar refractivity (Wildman–Crippen MR) is 69.7 cm³/mol. The summed E-state index contributed by atoms with van der Waals surface area (Å²) in [5, 5.41) is 12.4. The predicted octanol–water partition coefficient (Wildman–Crippen LogP) is 2.75. The maximum absolute atomic E-state index is 10.4. The summed E-state index contributed by atoms with van der Waals surface area (Å²) in [5.41, 5.74) is 2.25. The van der Waals surface area contributed by atoms with E-state index in [0.29, 0.717) is 6.54 Å². The Labute approximate surface area is 103 Å². The highest BCUT2D eigenvalue weighted by molar-refractivity contribution is 7.22. The molecule has 0 spiro atoms. The molecule has 0 amide bonds. The average Bonchev–Trinajstić information content (AvgIpc) is 2.70. The lowest BCUT2D eigenvalue weighted by atomic mass is 10.1. The second-order valence-electron chi connectivity index (χ2n) is 3.71. The standard InChI is InChI=1S/C12H14N2O2S/c1-2-8-4-3-5-9-11(8)14-12(17-9)13-7-6-10(15)16/h3-5H,2,6-7H2,1H3,(H,13,14)(H,15,16). The number of thiazole rings is 1. The van der Waals surface area contributed by atoms with E-state index in [2.05, 4.69) is 23.3 Å².